The standard InChI is InChI=1S/C20H15ClN4O3/c1-12-22-19(27-11-16(26)24-15-9-7-14(21)8-10-15)17-18(25-28-20(17)23-12)13-5-3-2-4-6-13/h2-10H,11H2,1H3,(H,24,26). The van der Waals surface area contributed by atoms with Crippen molar-refractivity contribution in [2.24, 2.45) is 0 Å². The number of nitrogens with zero attached hydrogens (tertiary/aromatic N) is 3. The predicted octanol–water partition coefficient (Wildman–Crippen LogP) is 4.26. The first kappa shape index (κ1) is 17.9. The van der Waals surface area contributed by atoms with Gasteiger partial charge in [-0.05, 0) is 31.2 Å². The van der Waals surface area contributed by atoms with E-state index in [4.69, 9.17) is 20.9 Å². The lowest BCUT2D eigenvalue weighted by atomic mass is 10.1. The summed E-state index contributed by atoms with van der Waals surface area (Å²) in [6, 6.07) is 16.3. The largest absolute Gasteiger partial charge is 0.467 e. The number of carbonyl (C=O) groups excluding carboxylic acids is 1. The Morgan fingerprint density at radius 2 is 1.86 bits per heavy atom. The molecule has 0 aliphatic carbocycles. The fraction of sp³-hybridized carbons (Fsp3) is 0.100. The molecular weight excluding hydrogens is 380 g/mol. The zero-order valence-electron chi connectivity index (χ0n) is 14.8. The lowest BCUT2D eigenvalue weighted by molar-refractivity contribution is -0.118. The summed E-state index contributed by atoms with van der Waals surface area (Å²) < 4.78 is 11.0. The molecule has 1 N–H and O–H groups in total. The van der Waals surface area contributed by atoms with Gasteiger partial charge in [-0.3, -0.25) is 4.79 Å². The Bertz CT molecular complexity index is 1130. The minimum Gasteiger partial charge on any atom is -0.467 e. The van der Waals surface area contributed by atoms with Crippen LogP contribution in [0.1, 0.15) is 5.82 Å². The molecule has 2 heterocycles. The maximum Gasteiger partial charge on any atom is 0.265 e. The summed E-state index contributed by atoms with van der Waals surface area (Å²) in [5, 5.41) is 7.95. The SMILES string of the molecule is Cc1nc(OCC(=O)Nc2ccc(Cl)cc2)c2c(-c3ccccc3)noc2n1. The lowest BCUT2D eigenvalue weighted by Crippen LogP contribution is -2.20. The number of halogens is 1. The fourth-order valence-electron chi connectivity index (χ4n) is 2.69. The number of aromatic nitrogens is 3. The second-order valence-corrected chi connectivity index (χ2v) is 6.43. The van der Waals surface area contributed by atoms with Crippen LogP contribution in [0.2, 0.25) is 5.02 Å². The van der Waals surface area contributed by atoms with E-state index in [1.807, 2.05) is 30.3 Å². The zero-order chi connectivity index (χ0) is 19.5. The number of amides is 1. The highest BCUT2D eigenvalue weighted by Gasteiger charge is 2.19. The number of aryl methyl sites for hydroxylation is 1. The molecule has 0 spiro atoms. The van der Waals surface area contributed by atoms with Crippen LogP contribution < -0.4 is 10.1 Å². The van der Waals surface area contributed by atoms with Crippen LogP contribution in [0.4, 0.5) is 5.69 Å². The molecule has 4 aromatic rings. The van der Waals surface area contributed by atoms with Crippen molar-refractivity contribution in [3.8, 4) is 17.1 Å². The van der Waals surface area contributed by atoms with Gasteiger partial charge in [0.15, 0.2) is 6.61 Å². The molecule has 0 bridgehead atoms. The van der Waals surface area contributed by atoms with E-state index in [0.717, 1.165) is 5.56 Å². The first-order valence-electron chi connectivity index (χ1n) is 8.48. The van der Waals surface area contributed by atoms with Gasteiger partial charge in [0.25, 0.3) is 11.6 Å². The van der Waals surface area contributed by atoms with Crippen molar-refractivity contribution in [2.75, 3.05) is 11.9 Å². The smallest absolute Gasteiger partial charge is 0.265 e. The van der Waals surface area contributed by atoms with Crippen molar-refractivity contribution < 1.29 is 14.1 Å². The monoisotopic (exact) mass is 394 g/mol. The van der Waals surface area contributed by atoms with Crippen molar-refractivity contribution in [3.63, 3.8) is 0 Å². The third-order valence-corrected chi connectivity index (χ3v) is 4.18. The quantitative estimate of drug-likeness (QED) is 0.543. The van der Waals surface area contributed by atoms with Gasteiger partial charge in [-0.2, -0.15) is 9.97 Å². The average molecular weight is 395 g/mol. The van der Waals surface area contributed by atoms with Gasteiger partial charge in [0.2, 0.25) is 5.88 Å². The minimum absolute atomic E-state index is 0.229. The molecule has 0 radical (unpaired) electrons. The van der Waals surface area contributed by atoms with Crippen molar-refractivity contribution >= 4 is 34.3 Å². The Hall–Kier alpha value is -3.45. The Labute approximate surface area is 165 Å². The van der Waals surface area contributed by atoms with Gasteiger partial charge in [0.1, 0.15) is 16.9 Å². The molecular formula is C20H15ClN4O3. The van der Waals surface area contributed by atoms with E-state index in [9.17, 15) is 4.79 Å². The molecule has 0 aliphatic rings. The first-order chi connectivity index (χ1) is 13.6. The Morgan fingerprint density at radius 1 is 1.11 bits per heavy atom. The molecule has 0 saturated heterocycles. The number of fused-ring (bicyclic) bond motifs is 1. The number of carbonyl (C=O) groups is 1. The summed E-state index contributed by atoms with van der Waals surface area (Å²) in [5.74, 6) is 0.370. The normalized spacial score (nSPS) is 10.8. The van der Waals surface area contributed by atoms with Gasteiger partial charge >= 0.3 is 0 Å². The van der Waals surface area contributed by atoms with E-state index in [1.54, 1.807) is 31.2 Å². The molecule has 0 atom stereocenters. The molecule has 0 fully saturated rings. The molecule has 2 aromatic carbocycles. The maximum atomic E-state index is 12.2. The van der Waals surface area contributed by atoms with Gasteiger partial charge in [-0.1, -0.05) is 47.1 Å². The number of anilines is 1. The summed E-state index contributed by atoms with van der Waals surface area (Å²) in [4.78, 5) is 20.8. The number of nitrogens with one attached hydrogen (secondary N) is 1. The van der Waals surface area contributed by atoms with E-state index in [2.05, 4.69) is 20.4 Å². The van der Waals surface area contributed by atoms with Crippen LogP contribution in [0.25, 0.3) is 22.4 Å². The molecule has 140 valence electrons. The van der Waals surface area contributed by atoms with E-state index in [-0.39, 0.29) is 18.4 Å². The van der Waals surface area contributed by atoms with E-state index >= 15 is 0 Å². The molecule has 7 nitrogen and oxygen atoms in total. The van der Waals surface area contributed by atoms with Gasteiger partial charge in [0.05, 0.1) is 0 Å². The summed E-state index contributed by atoms with van der Waals surface area (Å²) in [6.45, 7) is 1.48. The van der Waals surface area contributed by atoms with Gasteiger partial charge < -0.3 is 14.6 Å². The molecule has 1 amide bonds. The van der Waals surface area contributed by atoms with Crippen molar-refractivity contribution in [1.82, 2.24) is 15.1 Å². The first-order valence-corrected chi connectivity index (χ1v) is 8.85. The predicted molar refractivity (Wildman–Crippen MR) is 105 cm³/mol. The minimum atomic E-state index is -0.329. The number of hydrogen-bond acceptors (Lipinski definition) is 6. The summed E-state index contributed by atoms with van der Waals surface area (Å²) in [6.07, 6.45) is 0. The summed E-state index contributed by atoms with van der Waals surface area (Å²) >= 11 is 5.85. The van der Waals surface area contributed by atoms with Crippen LogP contribution >= 0.6 is 11.6 Å². The fourth-order valence-corrected chi connectivity index (χ4v) is 2.81. The average Bonchev–Trinajstić information content (AvgIpc) is 3.12. The Kier molecular flexibility index (Phi) is 4.90. The molecule has 28 heavy (non-hydrogen) atoms. The molecule has 0 aliphatic heterocycles. The number of hydrogen-bond donors (Lipinski definition) is 1. The molecule has 8 heteroatoms. The van der Waals surface area contributed by atoms with Crippen molar-refractivity contribution in [3.05, 3.63) is 65.4 Å². The van der Waals surface area contributed by atoms with Gasteiger partial charge in [-0.25, -0.2) is 0 Å². The van der Waals surface area contributed by atoms with Gasteiger partial charge in [-0.15, -0.1) is 0 Å². The second-order valence-electron chi connectivity index (χ2n) is 6.00. The Morgan fingerprint density at radius 3 is 2.61 bits per heavy atom. The molecule has 2 aromatic heterocycles. The molecule has 4 rings (SSSR count). The second kappa shape index (κ2) is 7.66. The van der Waals surface area contributed by atoms with Crippen LogP contribution in [-0.4, -0.2) is 27.6 Å². The van der Waals surface area contributed by atoms with Crippen LogP contribution in [0.15, 0.2) is 59.1 Å². The third kappa shape index (κ3) is 3.79. The highest BCUT2D eigenvalue weighted by Crippen LogP contribution is 2.32. The van der Waals surface area contributed by atoms with Crippen LogP contribution in [-0.2, 0) is 4.79 Å². The highest BCUT2D eigenvalue weighted by molar-refractivity contribution is 6.30. The zero-order valence-corrected chi connectivity index (χ0v) is 15.6. The van der Waals surface area contributed by atoms with Crippen LogP contribution in [0.5, 0.6) is 5.88 Å². The summed E-state index contributed by atoms with van der Waals surface area (Å²) in [5.41, 5.74) is 2.32. The lowest BCUT2D eigenvalue weighted by Gasteiger charge is -2.08. The van der Waals surface area contributed by atoms with E-state index in [0.29, 0.717) is 33.3 Å². The number of rotatable bonds is 5. The summed E-state index contributed by atoms with van der Waals surface area (Å²) in [7, 11) is 0. The number of ether oxygens (including phenoxy) is 1. The van der Waals surface area contributed by atoms with Crippen LogP contribution in [0.3, 0.4) is 0 Å². The van der Waals surface area contributed by atoms with Crippen molar-refractivity contribution in [1.29, 1.82) is 0 Å². The van der Waals surface area contributed by atoms with Crippen LogP contribution in [0, 0.1) is 6.92 Å². The van der Waals surface area contributed by atoms with Crippen molar-refractivity contribution in [2.45, 2.75) is 6.92 Å². The van der Waals surface area contributed by atoms with E-state index in [1.165, 1.54) is 0 Å². The third-order valence-electron chi connectivity index (χ3n) is 3.93. The molecule has 0 saturated carbocycles. The number of benzene rings is 2. The maximum absolute atomic E-state index is 12.2. The van der Waals surface area contributed by atoms with E-state index < -0.39 is 0 Å². The highest BCUT2D eigenvalue weighted by atomic mass is 35.5. The van der Waals surface area contributed by atoms with Gasteiger partial charge in [0, 0.05) is 16.3 Å². The Balaban J connectivity index is 1.58. The molecule has 0 unspecified atom stereocenters. The topological polar surface area (TPSA) is 90.1 Å².